The Bertz CT molecular complexity index is 686. The Morgan fingerprint density at radius 1 is 1.52 bits per heavy atom. The zero-order valence-electron chi connectivity index (χ0n) is 12.0. The van der Waals surface area contributed by atoms with E-state index >= 15 is 0 Å². The lowest BCUT2D eigenvalue weighted by atomic mass is 10.2. The van der Waals surface area contributed by atoms with Crippen LogP contribution < -0.4 is 0 Å². The fourth-order valence-corrected chi connectivity index (χ4v) is 2.94. The van der Waals surface area contributed by atoms with Gasteiger partial charge in [-0.3, -0.25) is 4.79 Å². The first kappa shape index (κ1) is 16.5. The van der Waals surface area contributed by atoms with Crippen LogP contribution >= 0.6 is 34.2 Å². The highest BCUT2D eigenvalue weighted by atomic mass is 127. The maximum atomic E-state index is 13.9. The van der Waals surface area contributed by atoms with Gasteiger partial charge in [0.15, 0.2) is 0 Å². The lowest BCUT2D eigenvalue weighted by Gasteiger charge is -2.20. The molecule has 1 heterocycles. The van der Waals surface area contributed by atoms with Crippen LogP contribution in [0.2, 0.25) is 0 Å². The second-order valence-corrected chi connectivity index (χ2v) is 6.54. The maximum Gasteiger partial charge on any atom is 0.244 e. The number of benzene rings is 1. The van der Waals surface area contributed by atoms with Crippen molar-refractivity contribution in [3.8, 4) is 0 Å². The first-order chi connectivity index (χ1) is 9.86. The van der Waals surface area contributed by atoms with Crippen LogP contribution in [0.4, 0.5) is 4.39 Å². The largest absolute Gasteiger partial charge is 0.347 e. The number of hydrogen-bond donors (Lipinski definition) is 0. The molecular formula is C14H16ClFIN3O. The second-order valence-electron chi connectivity index (χ2n) is 5.00. The third-order valence-corrected chi connectivity index (χ3v) is 4.32. The van der Waals surface area contributed by atoms with E-state index in [1.165, 1.54) is 11.0 Å². The van der Waals surface area contributed by atoms with Crippen LogP contribution in [0.1, 0.15) is 18.8 Å². The van der Waals surface area contributed by atoms with Crippen molar-refractivity contribution in [2.24, 2.45) is 0 Å². The lowest BCUT2D eigenvalue weighted by Crippen LogP contribution is -2.30. The van der Waals surface area contributed by atoms with Crippen molar-refractivity contribution < 1.29 is 9.18 Å². The van der Waals surface area contributed by atoms with E-state index in [0.29, 0.717) is 32.7 Å². The standard InChI is InChI=1S/C14H16ClFIN3O/c1-8(14(21)19(2)3)20-12-6-9(16)10(17)7-11(12)18-13(20)4-5-15/h6-8H,4-5H2,1-3H3. The molecule has 1 aromatic heterocycles. The Morgan fingerprint density at radius 3 is 2.76 bits per heavy atom. The van der Waals surface area contributed by atoms with E-state index in [-0.39, 0.29) is 11.7 Å². The molecule has 2 rings (SSSR count). The molecule has 0 saturated heterocycles. The van der Waals surface area contributed by atoms with Crippen molar-refractivity contribution in [2.75, 3.05) is 20.0 Å². The van der Waals surface area contributed by atoms with Crippen molar-refractivity contribution in [3.05, 3.63) is 27.3 Å². The Labute approximate surface area is 141 Å². The van der Waals surface area contributed by atoms with Crippen LogP contribution in [0, 0.1) is 9.39 Å². The molecule has 1 atom stereocenters. The third kappa shape index (κ3) is 3.15. The SMILES string of the molecule is CC(C(=O)N(C)C)n1c(CCCl)nc2cc(I)c(F)cc21. The number of hydrogen-bond acceptors (Lipinski definition) is 2. The average Bonchev–Trinajstić information content (AvgIpc) is 2.75. The van der Waals surface area contributed by atoms with Gasteiger partial charge in [-0.05, 0) is 35.6 Å². The van der Waals surface area contributed by atoms with Gasteiger partial charge in [-0.15, -0.1) is 11.6 Å². The normalized spacial score (nSPS) is 12.7. The van der Waals surface area contributed by atoms with Gasteiger partial charge in [-0.2, -0.15) is 0 Å². The molecule has 0 spiro atoms. The van der Waals surface area contributed by atoms with Crippen molar-refractivity contribution in [3.63, 3.8) is 0 Å². The minimum absolute atomic E-state index is 0.0657. The highest BCUT2D eigenvalue weighted by Crippen LogP contribution is 2.26. The van der Waals surface area contributed by atoms with Crippen LogP contribution in [0.25, 0.3) is 11.0 Å². The monoisotopic (exact) mass is 423 g/mol. The Hall–Kier alpha value is -0.890. The highest BCUT2D eigenvalue weighted by Gasteiger charge is 2.23. The minimum atomic E-state index is -0.456. The number of imidazole rings is 1. The minimum Gasteiger partial charge on any atom is -0.347 e. The van der Waals surface area contributed by atoms with Crippen LogP contribution in [0.15, 0.2) is 12.1 Å². The van der Waals surface area contributed by atoms with Crippen LogP contribution in [-0.2, 0) is 11.2 Å². The zero-order valence-corrected chi connectivity index (χ0v) is 14.9. The summed E-state index contributed by atoms with van der Waals surface area (Å²) in [7, 11) is 3.39. The molecule has 0 N–H and O–H groups in total. The molecule has 1 aromatic carbocycles. The summed E-state index contributed by atoms with van der Waals surface area (Å²) in [5.74, 6) is 0.713. The summed E-state index contributed by atoms with van der Waals surface area (Å²) < 4.78 is 16.2. The van der Waals surface area contributed by atoms with E-state index in [4.69, 9.17) is 11.6 Å². The number of halogens is 3. The van der Waals surface area contributed by atoms with Crippen LogP contribution in [0.5, 0.6) is 0 Å². The fourth-order valence-electron chi connectivity index (χ4n) is 2.32. The molecule has 0 radical (unpaired) electrons. The first-order valence-electron chi connectivity index (χ1n) is 6.49. The Kier molecular flexibility index (Phi) is 5.08. The number of alkyl halides is 1. The Morgan fingerprint density at radius 2 is 2.19 bits per heavy atom. The molecule has 2 aromatic rings. The lowest BCUT2D eigenvalue weighted by molar-refractivity contribution is -0.131. The number of likely N-dealkylation sites (N-methyl/N-ethyl adjacent to an activating group) is 1. The molecule has 0 aliphatic heterocycles. The van der Waals surface area contributed by atoms with Gasteiger partial charge in [0.1, 0.15) is 17.7 Å². The van der Waals surface area contributed by atoms with Crippen LogP contribution in [-0.4, -0.2) is 40.3 Å². The molecule has 0 aliphatic rings. The molecule has 4 nitrogen and oxygen atoms in total. The summed E-state index contributed by atoms with van der Waals surface area (Å²) in [5, 5.41) is 0. The number of carbonyl (C=O) groups is 1. The molecule has 1 amide bonds. The van der Waals surface area contributed by atoms with Gasteiger partial charge in [-0.1, -0.05) is 0 Å². The number of aryl methyl sites for hydroxylation is 1. The van der Waals surface area contributed by atoms with E-state index in [9.17, 15) is 9.18 Å². The summed E-state index contributed by atoms with van der Waals surface area (Å²) in [6, 6.07) is 2.66. The van der Waals surface area contributed by atoms with E-state index in [2.05, 4.69) is 4.98 Å². The molecular weight excluding hydrogens is 408 g/mol. The Balaban J connectivity index is 2.65. The number of carbonyl (C=O) groups excluding carboxylic acids is 1. The van der Waals surface area contributed by atoms with E-state index in [1.54, 1.807) is 31.7 Å². The molecule has 0 saturated carbocycles. The van der Waals surface area contributed by atoms with Crippen LogP contribution in [0.3, 0.4) is 0 Å². The van der Waals surface area contributed by atoms with E-state index in [1.807, 2.05) is 22.6 Å². The summed E-state index contributed by atoms with van der Waals surface area (Å²) >= 11 is 7.75. The first-order valence-corrected chi connectivity index (χ1v) is 8.11. The predicted octanol–water partition coefficient (Wildman–Crippen LogP) is 3.21. The van der Waals surface area contributed by atoms with E-state index < -0.39 is 6.04 Å². The molecule has 114 valence electrons. The van der Waals surface area contributed by atoms with Crippen molar-refractivity contribution in [1.82, 2.24) is 14.5 Å². The topological polar surface area (TPSA) is 38.1 Å². The number of amides is 1. The molecule has 1 unspecified atom stereocenters. The smallest absolute Gasteiger partial charge is 0.244 e. The second kappa shape index (κ2) is 6.48. The van der Waals surface area contributed by atoms with E-state index in [0.717, 1.165) is 0 Å². The number of nitrogens with zero attached hydrogens (tertiary/aromatic N) is 3. The van der Waals surface area contributed by atoms with Gasteiger partial charge >= 0.3 is 0 Å². The quantitative estimate of drug-likeness (QED) is 0.559. The number of aromatic nitrogens is 2. The fraction of sp³-hybridized carbons (Fsp3) is 0.429. The average molecular weight is 424 g/mol. The van der Waals surface area contributed by atoms with Crippen molar-refractivity contribution in [1.29, 1.82) is 0 Å². The van der Waals surface area contributed by atoms with Gasteiger partial charge in [0.05, 0.1) is 14.6 Å². The third-order valence-electron chi connectivity index (χ3n) is 3.31. The van der Waals surface area contributed by atoms with Gasteiger partial charge in [-0.25, -0.2) is 9.37 Å². The summed E-state index contributed by atoms with van der Waals surface area (Å²) in [6.07, 6.45) is 0.527. The highest BCUT2D eigenvalue weighted by molar-refractivity contribution is 14.1. The van der Waals surface area contributed by atoms with Crippen molar-refractivity contribution >= 4 is 51.1 Å². The number of rotatable bonds is 4. The molecule has 0 aliphatic carbocycles. The van der Waals surface area contributed by atoms with Gasteiger partial charge in [0, 0.05) is 32.5 Å². The summed E-state index contributed by atoms with van der Waals surface area (Å²) in [5.41, 5.74) is 1.30. The summed E-state index contributed by atoms with van der Waals surface area (Å²) in [6.45, 7) is 1.79. The zero-order chi connectivity index (χ0) is 15.7. The molecule has 7 heteroatoms. The van der Waals surface area contributed by atoms with Gasteiger partial charge < -0.3 is 9.47 Å². The molecule has 0 bridgehead atoms. The van der Waals surface area contributed by atoms with Gasteiger partial charge in [0.2, 0.25) is 5.91 Å². The maximum absolute atomic E-state index is 13.9. The van der Waals surface area contributed by atoms with Crippen molar-refractivity contribution in [2.45, 2.75) is 19.4 Å². The number of fused-ring (bicyclic) bond motifs is 1. The van der Waals surface area contributed by atoms with Gasteiger partial charge in [0.25, 0.3) is 0 Å². The predicted molar refractivity (Wildman–Crippen MR) is 90.2 cm³/mol. The molecule has 21 heavy (non-hydrogen) atoms. The molecule has 0 fully saturated rings. The summed E-state index contributed by atoms with van der Waals surface area (Å²) in [4.78, 5) is 18.3.